The Bertz CT molecular complexity index is 217. The highest BCUT2D eigenvalue weighted by molar-refractivity contribution is 5.31. The Labute approximate surface area is 75.2 Å². The van der Waals surface area contributed by atoms with Crippen molar-refractivity contribution in [3.8, 4) is 0 Å². The van der Waals surface area contributed by atoms with Gasteiger partial charge in [0.25, 0.3) is 0 Å². The Morgan fingerprint density at radius 1 is 1.42 bits per heavy atom. The fourth-order valence-corrected chi connectivity index (χ4v) is 2.89. The molecule has 2 aliphatic heterocycles. The van der Waals surface area contributed by atoms with Crippen molar-refractivity contribution in [3.63, 3.8) is 0 Å². The lowest BCUT2D eigenvalue weighted by Gasteiger charge is -2.29. The summed E-state index contributed by atoms with van der Waals surface area (Å²) in [4.78, 5) is 0. The first-order chi connectivity index (χ1) is 5.74. The Balaban J connectivity index is 2.27. The zero-order valence-corrected chi connectivity index (χ0v) is 8.35. The van der Waals surface area contributed by atoms with Gasteiger partial charge in [-0.05, 0) is 32.1 Å². The first-order valence-corrected chi connectivity index (χ1v) is 5.19. The van der Waals surface area contributed by atoms with Gasteiger partial charge in [-0.25, -0.2) is 0 Å². The summed E-state index contributed by atoms with van der Waals surface area (Å²) >= 11 is 0. The third-order valence-corrected chi connectivity index (χ3v) is 3.64. The van der Waals surface area contributed by atoms with Crippen LogP contribution in [-0.2, 0) is 0 Å². The molecule has 0 aromatic rings. The average Bonchev–Trinajstić information content (AvgIpc) is 2.33. The maximum atomic E-state index is 3.72. The SMILES string of the molecule is CCC1=C(C)C2NC1CCC2C. The lowest BCUT2D eigenvalue weighted by atomic mass is 9.91. The first kappa shape index (κ1) is 8.31. The fourth-order valence-electron chi connectivity index (χ4n) is 2.89. The summed E-state index contributed by atoms with van der Waals surface area (Å²) < 4.78 is 0. The van der Waals surface area contributed by atoms with Crippen molar-refractivity contribution in [3.05, 3.63) is 11.1 Å². The molecule has 1 N–H and O–H groups in total. The lowest BCUT2D eigenvalue weighted by Crippen LogP contribution is -2.41. The Morgan fingerprint density at radius 2 is 2.17 bits per heavy atom. The van der Waals surface area contributed by atoms with Crippen molar-refractivity contribution in [1.29, 1.82) is 0 Å². The highest BCUT2D eigenvalue weighted by atomic mass is 15.0. The zero-order valence-electron chi connectivity index (χ0n) is 8.35. The molecule has 2 aliphatic rings. The van der Waals surface area contributed by atoms with Gasteiger partial charge in [-0.2, -0.15) is 0 Å². The van der Waals surface area contributed by atoms with Crippen LogP contribution in [0.15, 0.2) is 11.1 Å². The summed E-state index contributed by atoms with van der Waals surface area (Å²) in [5.41, 5.74) is 3.34. The average molecular weight is 165 g/mol. The largest absolute Gasteiger partial charge is 0.303 e. The molecule has 3 atom stereocenters. The summed E-state index contributed by atoms with van der Waals surface area (Å²) in [6.45, 7) is 6.97. The molecule has 0 aromatic heterocycles. The van der Waals surface area contributed by atoms with Gasteiger partial charge in [0.2, 0.25) is 0 Å². The van der Waals surface area contributed by atoms with Crippen molar-refractivity contribution in [1.82, 2.24) is 5.32 Å². The van der Waals surface area contributed by atoms with Gasteiger partial charge >= 0.3 is 0 Å². The molecule has 12 heavy (non-hydrogen) atoms. The fraction of sp³-hybridized carbons (Fsp3) is 0.818. The van der Waals surface area contributed by atoms with E-state index >= 15 is 0 Å². The maximum absolute atomic E-state index is 3.72. The molecule has 1 saturated heterocycles. The third kappa shape index (κ3) is 1.03. The van der Waals surface area contributed by atoms with Crippen molar-refractivity contribution in [2.24, 2.45) is 5.92 Å². The van der Waals surface area contributed by atoms with Crippen molar-refractivity contribution >= 4 is 0 Å². The van der Waals surface area contributed by atoms with Gasteiger partial charge in [-0.1, -0.05) is 25.0 Å². The number of rotatable bonds is 1. The van der Waals surface area contributed by atoms with E-state index in [1.54, 1.807) is 11.1 Å². The van der Waals surface area contributed by atoms with Crippen LogP contribution in [0, 0.1) is 5.92 Å². The smallest absolute Gasteiger partial charge is 0.0311 e. The summed E-state index contributed by atoms with van der Waals surface area (Å²) in [6, 6.07) is 1.44. The maximum Gasteiger partial charge on any atom is 0.0311 e. The molecule has 0 spiro atoms. The second-order valence-corrected chi connectivity index (χ2v) is 4.31. The van der Waals surface area contributed by atoms with E-state index < -0.39 is 0 Å². The molecule has 2 heterocycles. The Morgan fingerprint density at radius 3 is 2.75 bits per heavy atom. The highest BCUT2D eigenvalue weighted by Gasteiger charge is 2.36. The second-order valence-electron chi connectivity index (χ2n) is 4.31. The molecule has 0 aromatic carbocycles. The number of nitrogens with one attached hydrogen (secondary N) is 1. The Kier molecular flexibility index (Phi) is 1.99. The number of hydrogen-bond donors (Lipinski definition) is 1. The Hall–Kier alpha value is -0.300. The first-order valence-electron chi connectivity index (χ1n) is 5.19. The minimum atomic E-state index is 0.707. The van der Waals surface area contributed by atoms with Crippen LogP contribution in [0.25, 0.3) is 0 Å². The molecule has 68 valence electrons. The van der Waals surface area contributed by atoms with E-state index in [1.165, 1.54) is 19.3 Å². The van der Waals surface area contributed by atoms with Gasteiger partial charge in [-0.3, -0.25) is 0 Å². The normalized spacial score (nSPS) is 40.8. The lowest BCUT2D eigenvalue weighted by molar-refractivity contribution is 0.318. The highest BCUT2D eigenvalue weighted by Crippen LogP contribution is 2.36. The van der Waals surface area contributed by atoms with E-state index in [2.05, 4.69) is 26.1 Å². The van der Waals surface area contributed by atoms with Gasteiger partial charge in [0.15, 0.2) is 0 Å². The number of hydrogen-bond acceptors (Lipinski definition) is 1. The van der Waals surface area contributed by atoms with Gasteiger partial charge in [0, 0.05) is 12.1 Å². The molecule has 0 amide bonds. The van der Waals surface area contributed by atoms with E-state index in [9.17, 15) is 0 Å². The van der Waals surface area contributed by atoms with Crippen LogP contribution in [-0.4, -0.2) is 12.1 Å². The van der Waals surface area contributed by atoms with Crippen LogP contribution in [0.4, 0.5) is 0 Å². The van der Waals surface area contributed by atoms with Crippen LogP contribution in [0.3, 0.4) is 0 Å². The molecule has 0 radical (unpaired) electrons. The zero-order chi connectivity index (χ0) is 8.72. The third-order valence-electron chi connectivity index (χ3n) is 3.64. The standard InChI is InChI=1S/C11H19N/c1-4-9-8(3)11-7(2)5-6-10(9)12-11/h7,10-12H,4-6H2,1-3H3. The molecule has 0 aliphatic carbocycles. The summed E-state index contributed by atoms with van der Waals surface area (Å²) in [6.07, 6.45) is 4.01. The van der Waals surface area contributed by atoms with Crippen LogP contribution in [0.1, 0.15) is 40.0 Å². The number of piperidine rings is 1. The molecular formula is C11H19N. The molecule has 1 heteroatoms. The summed E-state index contributed by atoms with van der Waals surface area (Å²) in [7, 11) is 0. The molecule has 2 bridgehead atoms. The molecule has 3 unspecified atom stereocenters. The number of fused-ring (bicyclic) bond motifs is 2. The van der Waals surface area contributed by atoms with Crippen LogP contribution in [0.5, 0.6) is 0 Å². The summed E-state index contributed by atoms with van der Waals surface area (Å²) in [5, 5.41) is 3.72. The second kappa shape index (κ2) is 2.88. The minimum Gasteiger partial charge on any atom is -0.303 e. The predicted octanol–water partition coefficient (Wildman–Crippen LogP) is 2.48. The summed E-state index contributed by atoms with van der Waals surface area (Å²) in [5.74, 6) is 0.852. The van der Waals surface area contributed by atoms with Crippen LogP contribution < -0.4 is 5.32 Å². The molecule has 0 saturated carbocycles. The van der Waals surface area contributed by atoms with Crippen molar-refractivity contribution in [2.45, 2.75) is 52.1 Å². The van der Waals surface area contributed by atoms with E-state index in [0.29, 0.717) is 6.04 Å². The molecule has 2 rings (SSSR count). The van der Waals surface area contributed by atoms with Gasteiger partial charge in [0.1, 0.15) is 0 Å². The van der Waals surface area contributed by atoms with E-state index in [-0.39, 0.29) is 0 Å². The van der Waals surface area contributed by atoms with Crippen LogP contribution in [0.2, 0.25) is 0 Å². The minimum absolute atomic E-state index is 0.707. The van der Waals surface area contributed by atoms with Crippen molar-refractivity contribution in [2.75, 3.05) is 0 Å². The quantitative estimate of drug-likeness (QED) is 0.589. The molecular weight excluding hydrogens is 146 g/mol. The van der Waals surface area contributed by atoms with Crippen LogP contribution >= 0.6 is 0 Å². The van der Waals surface area contributed by atoms with E-state index in [1.807, 2.05) is 0 Å². The van der Waals surface area contributed by atoms with Gasteiger partial charge in [0.05, 0.1) is 0 Å². The molecule has 1 nitrogen and oxygen atoms in total. The van der Waals surface area contributed by atoms with E-state index in [4.69, 9.17) is 0 Å². The van der Waals surface area contributed by atoms with Crippen molar-refractivity contribution < 1.29 is 0 Å². The van der Waals surface area contributed by atoms with Gasteiger partial charge in [-0.15, -0.1) is 0 Å². The van der Waals surface area contributed by atoms with Gasteiger partial charge < -0.3 is 5.32 Å². The predicted molar refractivity (Wildman–Crippen MR) is 52.1 cm³/mol. The van der Waals surface area contributed by atoms with E-state index in [0.717, 1.165) is 12.0 Å². The topological polar surface area (TPSA) is 12.0 Å². The monoisotopic (exact) mass is 165 g/mol. The molecule has 1 fully saturated rings.